The minimum atomic E-state index is -0.789. The molecular weight excluding hydrogens is 194 g/mol. The summed E-state index contributed by atoms with van der Waals surface area (Å²) in [5, 5.41) is 0. The SMILES string of the molecule is CCC#CCC(C)c1cccc(F)c1F. The first-order valence-corrected chi connectivity index (χ1v) is 5.06. The molecule has 2 heteroatoms. The summed E-state index contributed by atoms with van der Waals surface area (Å²) < 4.78 is 26.3. The summed E-state index contributed by atoms with van der Waals surface area (Å²) in [6.45, 7) is 3.81. The minimum absolute atomic E-state index is 0.0697. The molecule has 0 radical (unpaired) electrons. The lowest BCUT2D eigenvalue weighted by atomic mass is 9.97. The Bertz CT molecular complexity index is 385. The molecule has 0 N–H and O–H groups in total. The van der Waals surface area contributed by atoms with Crippen molar-refractivity contribution >= 4 is 0 Å². The van der Waals surface area contributed by atoms with Gasteiger partial charge in [0.05, 0.1) is 0 Å². The summed E-state index contributed by atoms with van der Waals surface area (Å²) in [5.41, 5.74) is 0.403. The van der Waals surface area contributed by atoms with Crippen LogP contribution in [0.25, 0.3) is 0 Å². The van der Waals surface area contributed by atoms with Crippen molar-refractivity contribution in [3.05, 3.63) is 35.4 Å². The van der Waals surface area contributed by atoms with E-state index in [9.17, 15) is 8.78 Å². The lowest BCUT2D eigenvalue weighted by Crippen LogP contribution is -1.98. The van der Waals surface area contributed by atoms with Crippen molar-refractivity contribution in [2.24, 2.45) is 0 Å². The van der Waals surface area contributed by atoms with E-state index in [1.165, 1.54) is 6.07 Å². The van der Waals surface area contributed by atoms with Crippen LogP contribution in [0, 0.1) is 23.5 Å². The summed E-state index contributed by atoms with van der Waals surface area (Å²) in [6.07, 6.45) is 1.35. The Morgan fingerprint density at radius 1 is 1.27 bits per heavy atom. The van der Waals surface area contributed by atoms with Gasteiger partial charge in [0.2, 0.25) is 0 Å². The van der Waals surface area contributed by atoms with Crippen molar-refractivity contribution in [1.29, 1.82) is 0 Å². The average molecular weight is 208 g/mol. The second-order valence-corrected chi connectivity index (χ2v) is 3.46. The minimum Gasteiger partial charge on any atom is -0.204 e. The van der Waals surface area contributed by atoms with Crippen molar-refractivity contribution in [1.82, 2.24) is 0 Å². The Hall–Kier alpha value is -1.36. The average Bonchev–Trinajstić information content (AvgIpc) is 2.22. The standard InChI is InChI=1S/C13H14F2/c1-3-4-5-7-10(2)11-8-6-9-12(14)13(11)15/h6,8-10H,3,7H2,1-2H3. The van der Waals surface area contributed by atoms with Crippen molar-refractivity contribution < 1.29 is 8.78 Å². The molecule has 0 aliphatic rings. The van der Waals surface area contributed by atoms with E-state index in [0.717, 1.165) is 12.5 Å². The molecule has 1 aromatic carbocycles. The Kier molecular flexibility index (Phi) is 4.30. The molecule has 15 heavy (non-hydrogen) atoms. The molecule has 0 bridgehead atoms. The smallest absolute Gasteiger partial charge is 0.162 e. The van der Waals surface area contributed by atoms with Gasteiger partial charge < -0.3 is 0 Å². The molecule has 0 aromatic heterocycles. The highest BCUT2D eigenvalue weighted by Crippen LogP contribution is 2.23. The van der Waals surface area contributed by atoms with E-state index >= 15 is 0 Å². The summed E-state index contributed by atoms with van der Waals surface area (Å²) in [6, 6.07) is 4.26. The van der Waals surface area contributed by atoms with Crippen LogP contribution < -0.4 is 0 Å². The molecular formula is C13H14F2. The third-order valence-electron chi connectivity index (χ3n) is 2.22. The molecule has 1 aromatic rings. The van der Waals surface area contributed by atoms with Crippen LogP contribution in [0.3, 0.4) is 0 Å². The molecule has 0 aliphatic carbocycles. The van der Waals surface area contributed by atoms with Gasteiger partial charge in [-0.2, -0.15) is 0 Å². The van der Waals surface area contributed by atoms with Gasteiger partial charge in [-0.15, -0.1) is 11.8 Å². The second-order valence-electron chi connectivity index (χ2n) is 3.46. The Labute approximate surface area is 89.3 Å². The third kappa shape index (κ3) is 3.06. The number of hydrogen-bond acceptors (Lipinski definition) is 0. The van der Waals surface area contributed by atoms with E-state index in [4.69, 9.17) is 0 Å². The summed E-state index contributed by atoms with van der Waals surface area (Å²) in [4.78, 5) is 0. The maximum absolute atomic E-state index is 13.3. The molecule has 0 saturated carbocycles. The predicted octanol–water partition coefficient (Wildman–Crippen LogP) is 3.87. The van der Waals surface area contributed by atoms with Crippen molar-refractivity contribution in [2.75, 3.05) is 0 Å². The molecule has 1 rings (SSSR count). The lowest BCUT2D eigenvalue weighted by molar-refractivity contribution is 0.491. The van der Waals surface area contributed by atoms with Crippen molar-refractivity contribution in [2.45, 2.75) is 32.6 Å². The normalized spacial score (nSPS) is 11.7. The molecule has 0 spiro atoms. The maximum Gasteiger partial charge on any atom is 0.162 e. The zero-order valence-electron chi connectivity index (χ0n) is 8.98. The van der Waals surface area contributed by atoms with E-state index in [2.05, 4.69) is 11.8 Å². The van der Waals surface area contributed by atoms with Crippen LogP contribution >= 0.6 is 0 Å². The molecule has 0 aliphatic heterocycles. The van der Waals surface area contributed by atoms with Gasteiger partial charge in [-0.05, 0) is 17.5 Å². The quantitative estimate of drug-likeness (QED) is 0.647. The van der Waals surface area contributed by atoms with Crippen molar-refractivity contribution in [3.8, 4) is 11.8 Å². The fourth-order valence-electron chi connectivity index (χ4n) is 1.36. The van der Waals surface area contributed by atoms with Crippen LogP contribution in [0.4, 0.5) is 8.78 Å². The van der Waals surface area contributed by atoms with E-state index in [1.54, 1.807) is 6.07 Å². The highest BCUT2D eigenvalue weighted by Gasteiger charge is 2.12. The Balaban J connectivity index is 2.82. The highest BCUT2D eigenvalue weighted by molar-refractivity contribution is 5.23. The summed E-state index contributed by atoms with van der Waals surface area (Å²) >= 11 is 0. The molecule has 0 saturated heterocycles. The van der Waals surface area contributed by atoms with E-state index in [1.807, 2.05) is 13.8 Å². The zero-order chi connectivity index (χ0) is 11.3. The summed E-state index contributed by atoms with van der Waals surface area (Å²) in [7, 11) is 0. The predicted molar refractivity (Wildman–Crippen MR) is 57.5 cm³/mol. The fourth-order valence-corrected chi connectivity index (χ4v) is 1.36. The number of hydrogen-bond donors (Lipinski definition) is 0. The van der Waals surface area contributed by atoms with Crippen LogP contribution in [0.2, 0.25) is 0 Å². The van der Waals surface area contributed by atoms with Crippen LogP contribution in [0.1, 0.15) is 38.2 Å². The first kappa shape index (κ1) is 11.7. The second kappa shape index (κ2) is 5.50. The van der Waals surface area contributed by atoms with Crippen LogP contribution in [0.5, 0.6) is 0 Å². The first-order chi connectivity index (χ1) is 7.16. The zero-order valence-corrected chi connectivity index (χ0v) is 8.98. The topological polar surface area (TPSA) is 0 Å². The van der Waals surface area contributed by atoms with E-state index < -0.39 is 11.6 Å². The summed E-state index contributed by atoms with van der Waals surface area (Å²) in [5.74, 6) is 4.25. The van der Waals surface area contributed by atoms with Gasteiger partial charge in [0, 0.05) is 12.8 Å². The fraction of sp³-hybridized carbons (Fsp3) is 0.385. The number of rotatable bonds is 2. The molecule has 0 amide bonds. The molecule has 80 valence electrons. The molecule has 0 heterocycles. The van der Waals surface area contributed by atoms with Gasteiger partial charge in [0.15, 0.2) is 11.6 Å². The molecule has 0 nitrogen and oxygen atoms in total. The van der Waals surface area contributed by atoms with Gasteiger partial charge in [-0.25, -0.2) is 8.78 Å². The van der Waals surface area contributed by atoms with Gasteiger partial charge in [-0.3, -0.25) is 0 Å². The van der Waals surface area contributed by atoms with Gasteiger partial charge >= 0.3 is 0 Å². The number of benzene rings is 1. The van der Waals surface area contributed by atoms with Gasteiger partial charge in [0.1, 0.15) is 0 Å². The molecule has 0 fully saturated rings. The molecule has 1 atom stereocenters. The monoisotopic (exact) mass is 208 g/mol. The van der Waals surface area contributed by atoms with Gasteiger partial charge in [-0.1, -0.05) is 26.0 Å². The van der Waals surface area contributed by atoms with E-state index in [-0.39, 0.29) is 5.92 Å². The molecule has 1 unspecified atom stereocenters. The van der Waals surface area contributed by atoms with E-state index in [0.29, 0.717) is 12.0 Å². The van der Waals surface area contributed by atoms with Gasteiger partial charge in [0.25, 0.3) is 0 Å². The Morgan fingerprint density at radius 2 is 2.00 bits per heavy atom. The lowest BCUT2D eigenvalue weighted by Gasteiger charge is -2.09. The highest BCUT2D eigenvalue weighted by atomic mass is 19.2. The van der Waals surface area contributed by atoms with Crippen LogP contribution in [-0.4, -0.2) is 0 Å². The van der Waals surface area contributed by atoms with Crippen molar-refractivity contribution in [3.63, 3.8) is 0 Å². The van der Waals surface area contributed by atoms with Crippen LogP contribution in [-0.2, 0) is 0 Å². The Morgan fingerprint density at radius 3 is 2.67 bits per heavy atom. The maximum atomic E-state index is 13.3. The third-order valence-corrected chi connectivity index (χ3v) is 2.22. The van der Waals surface area contributed by atoms with Crippen LogP contribution in [0.15, 0.2) is 18.2 Å². The number of halogens is 2. The largest absolute Gasteiger partial charge is 0.204 e. The first-order valence-electron chi connectivity index (χ1n) is 5.06.